The van der Waals surface area contributed by atoms with Crippen LogP contribution in [-0.4, -0.2) is 30.8 Å². The lowest BCUT2D eigenvalue weighted by Gasteiger charge is -2.31. The third kappa shape index (κ3) is 5.23. The summed E-state index contributed by atoms with van der Waals surface area (Å²) in [6.45, 7) is 4.90. The highest BCUT2D eigenvalue weighted by atomic mass is 19.1. The summed E-state index contributed by atoms with van der Waals surface area (Å²) < 4.78 is 16.8. The molecule has 4 aromatic rings. The van der Waals surface area contributed by atoms with Crippen LogP contribution in [0.5, 0.6) is 5.75 Å². The molecule has 37 heavy (non-hydrogen) atoms. The Kier molecular flexibility index (Phi) is 6.99. The maximum atomic E-state index is 15.0. The van der Waals surface area contributed by atoms with Gasteiger partial charge in [-0.05, 0) is 61.6 Å². The summed E-state index contributed by atoms with van der Waals surface area (Å²) in [5.74, 6) is -1.07. The summed E-state index contributed by atoms with van der Waals surface area (Å²) in [7, 11) is 0. The van der Waals surface area contributed by atoms with Crippen molar-refractivity contribution in [1.29, 1.82) is 0 Å². The molecule has 1 amide bonds. The number of carbonyl (C=O) groups is 1. The van der Waals surface area contributed by atoms with Crippen molar-refractivity contribution in [2.24, 2.45) is 0 Å². The second kappa shape index (κ2) is 10.5. The third-order valence-electron chi connectivity index (χ3n) is 6.86. The fraction of sp³-hybridized carbons (Fsp3) is 0.310. The molecular weight excluding hydrogens is 469 g/mol. The monoisotopic (exact) mass is 499 g/mol. The highest BCUT2D eigenvalue weighted by Crippen LogP contribution is 2.40. The van der Waals surface area contributed by atoms with E-state index in [4.69, 9.17) is 0 Å². The molecule has 0 aliphatic heterocycles. The quantitative estimate of drug-likeness (QED) is 0.371. The lowest BCUT2D eigenvalue weighted by atomic mass is 9.81. The van der Waals surface area contributed by atoms with E-state index in [0.29, 0.717) is 42.6 Å². The van der Waals surface area contributed by atoms with Crippen molar-refractivity contribution in [3.8, 4) is 5.75 Å². The molecule has 0 spiro atoms. The molecular formula is C29H30FN5O2. The summed E-state index contributed by atoms with van der Waals surface area (Å²) in [6.07, 6.45) is 8.83. The van der Waals surface area contributed by atoms with Crippen molar-refractivity contribution in [3.63, 3.8) is 0 Å². The zero-order chi connectivity index (χ0) is 25.9. The fourth-order valence-corrected chi connectivity index (χ4v) is 4.94. The average Bonchev–Trinajstić information content (AvgIpc) is 3.36. The Hall–Kier alpha value is -4.07. The first-order valence-electron chi connectivity index (χ1n) is 12.6. The number of halogens is 1. The molecule has 1 aliphatic rings. The van der Waals surface area contributed by atoms with Crippen LogP contribution < -0.4 is 4.90 Å². The number of aromatic nitrogens is 4. The smallest absolute Gasteiger partial charge is 0.235 e. The van der Waals surface area contributed by atoms with Gasteiger partial charge in [-0.15, -0.1) is 0 Å². The molecule has 1 aromatic carbocycles. The summed E-state index contributed by atoms with van der Waals surface area (Å²) in [5.41, 5.74) is 4.12. The zero-order valence-corrected chi connectivity index (χ0v) is 21.0. The van der Waals surface area contributed by atoms with Crippen LogP contribution in [0, 0.1) is 5.82 Å². The molecule has 0 bridgehead atoms. The highest BCUT2D eigenvalue weighted by Gasteiger charge is 2.34. The molecule has 3 heterocycles. The lowest BCUT2D eigenvalue weighted by molar-refractivity contribution is -0.120. The number of carbonyl (C=O) groups excluding carboxylic acids is 1. The van der Waals surface area contributed by atoms with Gasteiger partial charge in [-0.25, -0.2) is 4.39 Å². The minimum Gasteiger partial charge on any atom is -0.508 e. The van der Waals surface area contributed by atoms with Gasteiger partial charge in [-0.3, -0.25) is 19.4 Å². The third-order valence-corrected chi connectivity index (χ3v) is 6.86. The predicted molar refractivity (Wildman–Crippen MR) is 139 cm³/mol. The van der Waals surface area contributed by atoms with Crippen LogP contribution in [0.2, 0.25) is 0 Å². The Balaban J connectivity index is 1.47. The van der Waals surface area contributed by atoms with Crippen LogP contribution >= 0.6 is 0 Å². The second-order valence-electron chi connectivity index (χ2n) is 9.79. The van der Waals surface area contributed by atoms with Crippen LogP contribution in [0.3, 0.4) is 0 Å². The highest BCUT2D eigenvalue weighted by molar-refractivity contribution is 5.98. The maximum absolute atomic E-state index is 15.0. The number of benzene rings is 1. The zero-order valence-electron chi connectivity index (χ0n) is 21.0. The number of nitrogens with zero attached hydrogens (tertiary/aromatic N) is 5. The van der Waals surface area contributed by atoms with E-state index < -0.39 is 11.7 Å². The number of phenolic OH excluding ortho intramolecular Hbond substituents is 1. The van der Waals surface area contributed by atoms with Gasteiger partial charge in [-0.2, -0.15) is 5.10 Å². The molecule has 0 saturated heterocycles. The minimum atomic E-state index is -0.691. The molecule has 7 nitrogen and oxygen atoms in total. The van der Waals surface area contributed by atoms with E-state index >= 15 is 0 Å². The molecule has 0 fully saturated rings. The SMILES string of the molecule is CC(C)c1ccc(N(Cc2cnn(Cc3ccccn3)c2)C(=O)C2CCCc3c(O)ccc(F)c32)cn1. The fourth-order valence-electron chi connectivity index (χ4n) is 4.94. The van der Waals surface area contributed by atoms with Gasteiger partial charge in [0.25, 0.3) is 0 Å². The van der Waals surface area contributed by atoms with Crippen molar-refractivity contribution >= 4 is 11.6 Å². The number of hydrogen-bond donors (Lipinski definition) is 1. The van der Waals surface area contributed by atoms with Crippen LogP contribution in [0.15, 0.2) is 67.3 Å². The molecule has 0 radical (unpaired) electrons. The molecule has 3 aromatic heterocycles. The van der Waals surface area contributed by atoms with Crippen molar-refractivity contribution < 1.29 is 14.3 Å². The molecule has 1 unspecified atom stereocenters. The number of aromatic hydroxyl groups is 1. The van der Waals surface area contributed by atoms with Crippen molar-refractivity contribution in [2.45, 2.75) is 58.0 Å². The lowest BCUT2D eigenvalue weighted by Crippen LogP contribution is -2.36. The first-order valence-corrected chi connectivity index (χ1v) is 12.6. The summed E-state index contributed by atoms with van der Waals surface area (Å²) in [4.78, 5) is 24.6. The Morgan fingerprint density at radius 3 is 2.76 bits per heavy atom. The van der Waals surface area contributed by atoms with Gasteiger partial charge in [0.2, 0.25) is 5.91 Å². The number of fused-ring (bicyclic) bond motifs is 1. The van der Waals surface area contributed by atoms with Crippen molar-refractivity contribution in [2.75, 3.05) is 4.90 Å². The first kappa shape index (κ1) is 24.6. The van der Waals surface area contributed by atoms with Gasteiger partial charge < -0.3 is 10.0 Å². The molecule has 5 rings (SSSR count). The molecule has 1 aliphatic carbocycles. The summed E-state index contributed by atoms with van der Waals surface area (Å²) in [6, 6.07) is 12.1. The van der Waals surface area contributed by atoms with Crippen LogP contribution in [0.1, 0.15) is 66.6 Å². The largest absolute Gasteiger partial charge is 0.508 e. The van der Waals surface area contributed by atoms with Crippen LogP contribution in [0.25, 0.3) is 0 Å². The minimum absolute atomic E-state index is 0.0409. The van der Waals surface area contributed by atoms with Gasteiger partial charge in [0, 0.05) is 34.8 Å². The van der Waals surface area contributed by atoms with E-state index in [1.807, 2.05) is 36.5 Å². The number of amides is 1. The van der Waals surface area contributed by atoms with E-state index in [-0.39, 0.29) is 24.1 Å². The topological polar surface area (TPSA) is 84.1 Å². The molecule has 190 valence electrons. The predicted octanol–water partition coefficient (Wildman–Crippen LogP) is 5.34. The normalized spacial score (nSPS) is 15.0. The average molecular weight is 500 g/mol. The molecule has 8 heteroatoms. The first-order chi connectivity index (χ1) is 17.9. The van der Waals surface area contributed by atoms with E-state index in [1.165, 1.54) is 12.1 Å². The second-order valence-corrected chi connectivity index (χ2v) is 9.79. The number of phenols is 1. The van der Waals surface area contributed by atoms with Gasteiger partial charge in [0.05, 0.1) is 42.8 Å². The Bertz CT molecular complexity index is 1390. The van der Waals surface area contributed by atoms with Gasteiger partial charge in [0.15, 0.2) is 0 Å². The Morgan fingerprint density at radius 1 is 1.16 bits per heavy atom. The Morgan fingerprint density at radius 2 is 2.03 bits per heavy atom. The summed E-state index contributed by atoms with van der Waals surface area (Å²) in [5, 5.41) is 14.8. The van der Waals surface area contributed by atoms with Crippen molar-refractivity contribution in [3.05, 3.63) is 101 Å². The van der Waals surface area contributed by atoms with E-state index in [9.17, 15) is 14.3 Å². The number of rotatable bonds is 7. The standard InChI is InChI=1S/C29H30FN5O2/c1-19(2)26-11-9-22(15-32-26)35(17-20-14-33-34(16-20)18-21-6-3-4-13-31-21)29(37)24-8-5-7-23-27(36)12-10-25(30)28(23)24/h3-4,6,9-16,19,24,36H,5,7-8,17-18H2,1-2H3. The van der Waals surface area contributed by atoms with E-state index in [2.05, 4.69) is 28.9 Å². The van der Waals surface area contributed by atoms with Gasteiger partial charge in [0.1, 0.15) is 11.6 Å². The number of hydrogen-bond acceptors (Lipinski definition) is 5. The number of anilines is 1. The van der Waals surface area contributed by atoms with E-state index in [1.54, 1.807) is 28.2 Å². The molecule has 1 N–H and O–H groups in total. The van der Waals surface area contributed by atoms with Crippen molar-refractivity contribution in [1.82, 2.24) is 19.7 Å². The maximum Gasteiger partial charge on any atom is 0.235 e. The van der Waals surface area contributed by atoms with E-state index in [0.717, 1.165) is 17.0 Å². The van der Waals surface area contributed by atoms with Gasteiger partial charge in [-0.1, -0.05) is 19.9 Å². The molecule has 0 saturated carbocycles. The summed E-state index contributed by atoms with van der Waals surface area (Å²) >= 11 is 0. The van der Waals surface area contributed by atoms with Crippen LogP contribution in [0.4, 0.5) is 10.1 Å². The van der Waals surface area contributed by atoms with Gasteiger partial charge >= 0.3 is 0 Å². The Labute approximate surface area is 215 Å². The molecule has 1 atom stereocenters. The van der Waals surface area contributed by atoms with Crippen LogP contribution in [-0.2, 0) is 24.3 Å². The number of pyridine rings is 2.